The highest BCUT2D eigenvalue weighted by Crippen LogP contribution is 2.25. The van der Waals surface area contributed by atoms with E-state index in [4.69, 9.17) is 4.42 Å². The summed E-state index contributed by atoms with van der Waals surface area (Å²) in [6.07, 6.45) is 2.27. The highest BCUT2D eigenvalue weighted by atomic mass is 35.5. The molecule has 2 heterocycles. The lowest BCUT2D eigenvalue weighted by molar-refractivity contribution is 0.374. The maximum absolute atomic E-state index is 5.56. The second-order valence-electron chi connectivity index (χ2n) is 3.80. The largest absolute Gasteiger partial charge is 0.414 e. The smallest absolute Gasteiger partial charge is 0.276 e. The van der Waals surface area contributed by atoms with Crippen LogP contribution in [-0.4, -0.2) is 22.5 Å². The number of thioether (sulfide) groups is 1. The highest BCUT2D eigenvalue weighted by molar-refractivity contribution is 7.99. The van der Waals surface area contributed by atoms with Gasteiger partial charge in [0.15, 0.2) is 0 Å². The van der Waals surface area contributed by atoms with E-state index in [-0.39, 0.29) is 18.4 Å². The van der Waals surface area contributed by atoms with E-state index in [1.165, 1.54) is 6.42 Å². The van der Waals surface area contributed by atoms with Gasteiger partial charge in [-0.25, -0.2) is 0 Å². The summed E-state index contributed by atoms with van der Waals surface area (Å²) in [5, 5.41) is 12.0. The minimum Gasteiger partial charge on any atom is -0.414 e. The predicted octanol–water partition coefficient (Wildman–Crippen LogP) is 2.58. The summed E-state index contributed by atoms with van der Waals surface area (Å²) >= 11 is 1.54. The Morgan fingerprint density at radius 1 is 1.62 bits per heavy atom. The molecule has 4 nitrogen and oxygen atoms in total. The normalized spacial score (nSPS) is 19.4. The van der Waals surface area contributed by atoms with Crippen LogP contribution in [0.1, 0.15) is 31.7 Å². The van der Waals surface area contributed by atoms with E-state index in [0.717, 1.165) is 30.2 Å². The summed E-state index contributed by atoms with van der Waals surface area (Å²) in [6.45, 7) is 6.86. The predicted molar refractivity (Wildman–Crippen MR) is 67.1 cm³/mol. The van der Waals surface area contributed by atoms with Crippen LogP contribution < -0.4 is 5.32 Å². The van der Waals surface area contributed by atoms with Gasteiger partial charge in [0.1, 0.15) is 0 Å². The summed E-state index contributed by atoms with van der Waals surface area (Å²) in [5.41, 5.74) is 1.11. The van der Waals surface area contributed by atoms with Crippen LogP contribution in [0, 0.1) is 0 Å². The SMILES string of the molecule is C=C(C)CSc1nnc(C2CCCN2)o1.Cl. The lowest BCUT2D eigenvalue weighted by Crippen LogP contribution is -2.12. The molecule has 1 saturated heterocycles. The Labute approximate surface area is 106 Å². The fraction of sp³-hybridized carbons (Fsp3) is 0.600. The average Bonchev–Trinajstić information content (AvgIpc) is 2.85. The second kappa shape index (κ2) is 6.27. The van der Waals surface area contributed by atoms with Gasteiger partial charge in [-0.15, -0.1) is 22.6 Å². The first-order valence-corrected chi connectivity index (χ1v) is 6.08. The van der Waals surface area contributed by atoms with Crippen molar-refractivity contribution >= 4 is 24.2 Å². The summed E-state index contributed by atoms with van der Waals surface area (Å²) in [5.74, 6) is 1.55. The summed E-state index contributed by atoms with van der Waals surface area (Å²) in [4.78, 5) is 0. The van der Waals surface area contributed by atoms with Gasteiger partial charge in [0.25, 0.3) is 5.22 Å². The topological polar surface area (TPSA) is 51.0 Å². The van der Waals surface area contributed by atoms with Crippen molar-refractivity contribution in [2.24, 2.45) is 0 Å². The zero-order chi connectivity index (χ0) is 10.7. The number of hydrogen-bond donors (Lipinski definition) is 1. The van der Waals surface area contributed by atoms with Gasteiger partial charge in [-0.1, -0.05) is 23.9 Å². The van der Waals surface area contributed by atoms with Crippen molar-refractivity contribution < 1.29 is 4.42 Å². The summed E-state index contributed by atoms with van der Waals surface area (Å²) < 4.78 is 5.56. The molecule has 0 saturated carbocycles. The van der Waals surface area contributed by atoms with Gasteiger partial charge in [-0.05, 0) is 26.3 Å². The molecule has 1 aliphatic rings. The molecule has 0 radical (unpaired) electrons. The Bertz CT molecular complexity index is 350. The van der Waals surface area contributed by atoms with Gasteiger partial charge in [0.05, 0.1) is 6.04 Å². The lowest BCUT2D eigenvalue weighted by atomic mass is 10.2. The standard InChI is InChI=1S/C10H15N3OS.ClH/c1-7(2)6-15-10-13-12-9(14-10)8-4-3-5-11-8;/h8,11H,1,3-6H2,2H3;1H. The monoisotopic (exact) mass is 261 g/mol. The third kappa shape index (κ3) is 3.50. The molecular formula is C10H16ClN3OS. The van der Waals surface area contributed by atoms with E-state index in [1.807, 2.05) is 6.92 Å². The first-order chi connectivity index (χ1) is 7.25. The zero-order valence-electron chi connectivity index (χ0n) is 9.23. The van der Waals surface area contributed by atoms with Crippen LogP contribution in [0.25, 0.3) is 0 Å². The Morgan fingerprint density at radius 2 is 2.44 bits per heavy atom. The molecule has 1 atom stereocenters. The van der Waals surface area contributed by atoms with Crippen molar-refractivity contribution in [2.75, 3.05) is 12.3 Å². The van der Waals surface area contributed by atoms with Crippen LogP contribution in [0.5, 0.6) is 0 Å². The molecule has 1 N–H and O–H groups in total. The van der Waals surface area contributed by atoms with Crippen LogP contribution in [0.15, 0.2) is 21.8 Å². The van der Waals surface area contributed by atoms with E-state index < -0.39 is 0 Å². The van der Waals surface area contributed by atoms with Crippen molar-refractivity contribution in [3.8, 4) is 0 Å². The molecule has 1 fully saturated rings. The first kappa shape index (κ1) is 13.5. The molecule has 0 amide bonds. The minimum atomic E-state index is 0. The third-order valence-electron chi connectivity index (χ3n) is 2.22. The average molecular weight is 262 g/mol. The van der Waals surface area contributed by atoms with Crippen molar-refractivity contribution in [1.82, 2.24) is 15.5 Å². The fourth-order valence-electron chi connectivity index (χ4n) is 1.50. The maximum atomic E-state index is 5.56. The molecule has 0 aliphatic carbocycles. The molecular weight excluding hydrogens is 246 g/mol. The zero-order valence-corrected chi connectivity index (χ0v) is 10.9. The van der Waals surface area contributed by atoms with Gasteiger partial charge in [0.2, 0.25) is 5.89 Å². The van der Waals surface area contributed by atoms with E-state index in [0.29, 0.717) is 5.22 Å². The van der Waals surface area contributed by atoms with Gasteiger partial charge >= 0.3 is 0 Å². The fourth-order valence-corrected chi connectivity index (χ4v) is 2.11. The Morgan fingerprint density at radius 3 is 3.06 bits per heavy atom. The van der Waals surface area contributed by atoms with Gasteiger partial charge in [-0.2, -0.15) is 0 Å². The number of halogens is 1. The van der Waals surface area contributed by atoms with Crippen LogP contribution in [-0.2, 0) is 0 Å². The Kier molecular flexibility index (Phi) is 5.31. The third-order valence-corrected chi connectivity index (χ3v) is 3.27. The molecule has 1 aliphatic heterocycles. The number of hydrogen-bond acceptors (Lipinski definition) is 5. The van der Waals surface area contributed by atoms with E-state index in [2.05, 4.69) is 22.1 Å². The number of rotatable bonds is 4. The molecule has 16 heavy (non-hydrogen) atoms. The molecule has 6 heteroatoms. The Balaban J connectivity index is 0.00000128. The van der Waals surface area contributed by atoms with E-state index in [1.54, 1.807) is 11.8 Å². The van der Waals surface area contributed by atoms with Crippen molar-refractivity contribution in [3.05, 3.63) is 18.0 Å². The van der Waals surface area contributed by atoms with Gasteiger partial charge in [-0.3, -0.25) is 0 Å². The molecule has 1 aromatic rings. The molecule has 1 aromatic heterocycles. The van der Waals surface area contributed by atoms with Crippen molar-refractivity contribution in [2.45, 2.75) is 31.0 Å². The Hall–Kier alpha value is -0.520. The summed E-state index contributed by atoms with van der Waals surface area (Å²) in [7, 11) is 0. The van der Waals surface area contributed by atoms with Crippen LogP contribution in [0.4, 0.5) is 0 Å². The quantitative estimate of drug-likeness (QED) is 0.667. The molecule has 2 rings (SSSR count). The minimum absolute atomic E-state index is 0. The lowest BCUT2D eigenvalue weighted by Gasteiger charge is -2.02. The van der Waals surface area contributed by atoms with E-state index >= 15 is 0 Å². The molecule has 0 spiro atoms. The second-order valence-corrected chi connectivity index (χ2v) is 4.73. The van der Waals surface area contributed by atoms with Crippen LogP contribution in [0.2, 0.25) is 0 Å². The molecule has 90 valence electrons. The van der Waals surface area contributed by atoms with Gasteiger partial charge in [0, 0.05) is 5.75 Å². The van der Waals surface area contributed by atoms with Crippen molar-refractivity contribution in [3.63, 3.8) is 0 Å². The van der Waals surface area contributed by atoms with E-state index in [9.17, 15) is 0 Å². The number of aromatic nitrogens is 2. The first-order valence-electron chi connectivity index (χ1n) is 5.09. The molecule has 0 bridgehead atoms. The van der Waals surface area contributed by atoms with Gasteiger partial charge < -0.3 is 9.73 Å². The van der Waals surface area contributed by atoms with Crippen molar-refractivity contribution in [1.29, 1.82) is 0 Å². The summed E-state index contributed by atoms with van der Waals surface area (Å²) in [6, 6.07) is 0.261. The van der Waals surface area contributed by atoms with Crippen LogP contribution in [0.3, 0.4) is 0 Å². The number of nitrogens with zero attached hydrogens (tertiary/aromatic N) is 2. The maximum Gasteiger partial charge on any atom is 0.276 e. The molecule has 1 unspecified atom stereocenters. The molecule has 0 aromatic carbocycles. The number of nitrogens with one attached hydrogen (secondary N) is 1. The van der Waals surface area contributed by atoms with Crippen LogP contribution >= 0.6 is 24.2 Å². The highest BCUT2D eigenvalue weighted by Gasteiger charge is 2.21.